The van der Waals surface area contributed by atoms with Crippen molar-refractivity contribution >= 4 is 21.8 Å². The highest BCUT2D eigenvalue weighted by atomic mass is 79.9. The van der Waals surface area contributed by atoms with Gasteiger partial charge < -0.3 is 10.1 Å². The Labute approximate surface area is 133 Å². The van der Waals surface area contributed by atoms with Gasteiger partial charge >= 0.3 is 0 Å². The number of carbonyl (C=O) groups excluding carboxylic acids is 1. The highest BCUT2D eigenvalue weighted by Gasteiger charge is 2.08. The number of nitrogens with one attached hydrogen (secondary N) is 1. The number of carbonyl (C=O) groups is 1. The first-order valence-electron chi connectivity index (χ1n) is 6.95. The molecule has 0 heterocycles. The van der Waals surface area contributed by atoms with Gasteiger partial charge in [-0.1, -0.05) is 30.3 Å². The van der Waals surface area contributed by atoms with Crippen LogP contribution in [0.15, 0.2) is 53.0 Å². The molecule has 0 atom stereocenters. The Morgan fingerprint density at radius 1 is 1.19 bits per heavy atom. The Morgan fingerprint density at radius 2 is 1.95 bits per heavy atom. The van der Waals surface area contributed by atoms with Gasteiger partial charge in [0.15, 0.2) is 0 Å². The summed E-state index contributed by atoms with van der Waals surface area (Å²) < 4.78 is 6.55. The minimum absolute atomic E-state index is 0.0750. The van der Waals surface area contributed by atoms with Gasteiger partial charge in [0.2, 0.25) is 0 Å². The van der Waals surface area contributed by atoms with E-state index in [2.05, 4.69) is 33.4 Å². The molecule has 0 saturated heterocycles. The molecule has 0 fully saturated rings. The van der Waals surface area contributed by atoms with Crippen molar-refractivity contribution in [1.82, 2.24) is 5.32 Å². The molecule has 3 nitrogen and oxygen atoms in total. The summed E-state index contributed by atoms with van der Waals surface area (Å²) in [7, 11) is 0. The average molecular weight is 348 g/mol. The van der Waals surface area contributed by atoms with Crippen LogP contribution >= 0.6 is 15.9 Å². The van der Waals surface area contributed by atoms with Crippen molar-refractivity contribution in [1.29, 1.82) is 0 Å². The molecule has 4 heteroatoms. The average Bonchev–Trinajstić information content (AvgIpc) is 2.50. The third-order valence-electron chi connectivity index (χ3n) is 3.02. The maximum absolute atomic E-state index is 11.7. The van der Waals surface area contributed by atoms with Gasteiger partial charge in [0, 0.05) is 18.5 Å². The highest BCUT2D eigenvalue weighted by Crippen LogP contribution is 2.26. The second kappa shape index (κ2) is 7.84. The molecule has 0 aliphatic rings. The molecule has 0 spiro atoms. The molecule has 0 aliphatic heterocycles. The maximum Gasteiger partial charge on any atom is 0.251 e. The summed E-state index contributed by atoms with van der Waals surface area (Å²) in [6.45, 7) is 3.11. The second-order valence-corrected chi connectivity index (χ2v) is 5.44. The van der Waals surface area contributed by atoms with Crippen molar-refractivity contribution in [3.05, 3.63) is 64.1 Å². The van der Waals surface area contributed by atoms with E-state index in [0.717, 1.165) is 16.6 Å². The van der Waals surface area contributed by atoms with Crippen LogP contribution in [0.4, 0.5) is 0 Å². The lowest BCUT2D eigenvalue weighted by molar-refractivity contribution is 0.0955. The molecule has 0 unspecified atom stereocenters. The summed E-state index contributed by atoms with van der Waals surface area (Å²) in [5.41, 5.74) is 1.87. The van der Waals surface area contributed by atoms with Gasteiger partial charge in [-0.15, -0.1) is 0 Å². The number of amides is 1. The summed E-state index contributed by atoms with van der Waals surface area (Å²) in [6, 6.07) is 15.6. The topological polar surface area (TPSA) is 38.3 Å². The first-order chi connectivity index (χ1) is 10.2. The van der Waals surface area contributed by atoms with Gasteiger partial charge in [-0.05, 0) is 46.6 Å². The van der Waals surface area contributed by atoms with Crippen LogP contribution in [0, 0.1) is 0 Å². The van der Waals surface area contributed by atoms with Crippen molar-refractivity contribution in [2.45, 2.75) is 13.3 Å². The number of hydrogen-bond acceptors (Lipinski definition) is 2. The molecule has 0 radical (unpaired) electrons. The van der Waals surface area contributed by atoms with E-state index in [-0.39, 0.29) is 5.91 Å². The molecular formula is C17H18BrNO2. The summed E-state index contributed by atoms with van der Waals surface area (Å²) in [4.78, 5) is 11.7. The quantitative estimate of drug-likeness (QED) is 0.862. The second-order valence-electron chi connectivity index (χ2n) is 4.59. The van der Waals surface area contributed by atoms with Crippen LogP contribution in [0.1, 0.15) is 22.8 Å². The maximum atomic E-state index is 11.7. The predicted molar refractivity (Wildman–Crippen MR) is 87.8 cm³/mol. The first-order valence-corrected chi connectivity index (χ1v) is 7.74. The third-order valence-corrected chi connectivity index (χ3v) is 3.64. The number of ether oxygens (including phenoxy) is 1. The van der Waals surface area contributed by atoms with Crippen LogP contribution in [-0.4, -0.2) is 19.1 Å². The van der Waals surface area contributed by atoms with Crippen LogP contribution < -0.4 is 10.1 Å². The van der Waals surface area contributed by atoms with Crippen LogP contribution in [0.25, 0.3) is 0 Å². The van der Waals surface area contributed by atoms with E-state index in [4.69, 9.17) is 4.74 Å². The molecule has 110 valence electrons. The van der Waals surface area contributed by atoms with Crippen LogP contribution in [0.3, 0.4) is 0 Å². The van der Waals surface area contributed by atoms with Gasteiger partial charge in [-0.25, -0.2) is 0 Å². The summed E-state index contributed by atoms with van der Waals surface area (Å²) in [6.07, 6.45) is 0.853. The van der Waals surface area contributed by atoms with E-state index < -0.39 is 0 Å². The van der Waals surface area contributed by atoms with Crippen molar-refractivity contribution in [2.24, 2.45) is 0 Å². The van der Waals surface area contributed by atoms with E-state index in [0.29, 0.717) is 18.7 Å². The van der Waals surface area contributed by atoms with Crippen molar-refractivity contribution < 1.29 is 9.53 Å². The smallest absolute Gasteiger partial charge is 0.251 e. The number of rotatable bonds is 6. The van der Waals surface area contributed by atoms with Gasteiger partial charge in [0.1, 0.15) is 5.75 Å². The van der Waals surface area contributed by atoms with Gasteiger partial charge in [0.05, 0.1) is 11.1 Å². The van der Waals surface area contributed by atoms with E-state index in [1.165, 1.54) is 5.56 Å². The molecule has 0 saturated carbocycles. The SMILES string of the molecule is CCNC(=O)c1ccc(OCCc2ccccc2)c(Br)c1. The standard InChI is InChI=1S/C17H18BrNO2/c1-2-19-17(20)14-8-9-16(15(18)12-14)21-11-10-13-6-4-3-5-7-13/h3-9,12H,2,10-11H2,1H3,(H,19,20). The Hall–Kier alpha value is -1.81. The lowest BCUT2D eigenvalue weighted by atomic mass is 10.2. The Morgan fingerprint density at radius 3 is 2.62 bits per heavy atom. The lowest BCUT2D eigenvalue weighted by Crippen LogP contribution is -2.22. The van der Waals surface area contributed by atoms with E-state index in [1.807, 2.05) is 31.2 Å². The highest BCUT2D eigenvalue weighted by molar-refractivity contribution is 9.10. The largest absolute Gasteiger partial charge is 0.492 e. The van der Waals surface area contributed by atoms with E-state index in [1.54, 1.807) is 12.1 Å². The number of benzene rings is 2. The van der Waals surface area contributed by atoms with Gasteiger partial charge in [0.25, 0.3) is 5.91 Å². The molecule has 21 heavy (non-hydrogen) atoms. The Balaban J connectivity index is 1.93. The van der Waals surface area contributed by atoms with Crippen LogP contribution in [-0.2, 0) is 6.42 Å². The molecule has 2 rings (SSSR count). The summed E-state index contributed by atoms with van der Waals surface area (Å²) in [5.74, 6) is 0.674. The zero-order chi connectivity index (χ0) is 15.1. The fourth-order valence-electron chi connectivity index (χ4n) is 1.95. The molecule has 1 amide bonds. The fraction of sp³-hybridized carbons (Fsp3) is 0.235. The predicted octanol–water partition coefficient (Wildman–Crippen LogP) is 3.82. The first kappa shape index (κ1) is 15.6. The molecule has 2 aromatic rings. The zero-order valence-corrected chi connectivity index (χ0v) is 13.5. The third kappa shape index (κ3) is 4.60. The molecule has 0 aromatic heterocycles. The summed E-state index contributed by atoms with van der Waals surface area (Å²) in [5, 5.41) is 2.77. The fourth-order valence-corrected chi connectivity index (χ4v) is 2.44. The van der Waals surface area contributed by atoms with Gasteiger partial charge in [-0.3, -0.25) is 4.79 Å². The number of hydrogen-bond donors (Lipinski definition) is 1. The van der Waals surface area contributed by atoms with Gasteiger partial charge in [-0.2, -0.15) is 0 Å². The molecule has 2 aromatic carbocycles. The summed E-state index contributed by atoms with van der Waals surface area (Å²) >= 11 is 3.45. The van der Waals surface area contributed by atoms with Crippen LogP contribution in [0.5, 0.6) is 5.75 Å². The lowest BCUT2D eigenvalue weighted by Gasteiger charge is -2.10. The number of halogens is 1. The van der Waals surface area contributed by atoms with Crippen molar-refractivity contribution in [3.8, 4) is 5.75 Å². The minimum atomic E-state index is -0.0750. The molecule has 1 N–H and O–H groups in total. The van der Waals surface area contributed by atoms with Crippen molar-refractivity contribution in [2.75, 3.05) is 13.2 Å². The Bertz CT molecular complexity index is 599. The molecule has 0 bridgehead atoms. The zero-order valence-electron chi connectivity index (χ0n) is 11.9. The van der Waals surface area contributed by atoms with E-state index >= 15 is 0 Å². The molecule has 0 aliphatic carbocycles. The van der Waals surface area contributed by atoms with Crippen molar-refractivity contribution in [3.63, 3.8) is 0 Å². The van der Waals surface area contributed by atoms with Crippen LogP contribution in [0.2, 0.25) is 0 Å². The molecular weight excluding hydrogens is 330 g/mol. The monoisotopic (exact) mass is 347 g/mol. The van der Waals surface area contributed by atoms with E-state index in [9.17, 15) is 4.79 Å². The Kier molecular flexibility index (Phi) is 5.81. The minimum Gasteiger partial charge on any atom is -0.492 e. The normalized spacial score (nSPS) is 10.2.